The number of fused-ring (bicyclic) bond motifs is 2. The van der Waals surface area contributed by atoms with E-state index in [1.165, 1.54) is 14.2 Å². The Hall–Kier alpha value is -8.89. The molecule has 6 aromatic rings. The predicted octanol–water partition coefficient (Wildman–Crippen LogP) is 10.0. The summed E-state index contributed by atoms with van der Waals surface area (Å²) in [6.07, 6.45) is 7.01. The number of methoxy groups -OCH3 is 2. The van der Waals surface area contributed by atoms with Crippen molar-refractivity contribution in [3.8, 4) is 11.5 Å². The highest BCUT2D eigenvalue weighted by atomic mass is 35.5. The van der Waals surface area contributed by atoms with Crippen molar-refractivity contribution >= 4 is 58.7 Å². The van der Waals surface area contributed by atoms with Crippen LogP contribution in [0.3, 0.4) is 0 Å². The first-order valence-electron chi connectivity index (χ1n) is 29.6. The van der Waals surface area contributed by atoms with Gasteiger partial charge in [-0.05, 0) is 110 Å². The first kappa shape index (κ1) is 65.6. The van der Waals surface area contributed by atoms with E-state index in [9.17, 15) is 38.4 Å². The van der Waals surface area contributed by atoms with Crippen LogP contribution in [0.2, 0.25) is 5.02 Å². The van der Waals surface area contributed by atoms with Crippen LogP contribution >= 0.6 is 11.6 Å². The first-order valence-corrected chi connectivity index (χ1v) is 30.0. The van der Waals surface area contributed by atoms with Crippen LogP contribution in [0.15, 0.2) is 176 Å². The van der Waals surface area contributed by atoms with Crippen LogP contribution in [0, 0.1) is 11.8 Å². The normalized spacial score (nSPS) is 19.1. The smallest absolute Gasteiger partial charge is 0.328 e. The third-order valence-electron chi connectivity index (χ3n) is 15.2. The number of nitrogens with zero attached hydrogens (tertiary/aromatic N) is 2. The Morgan fingerprint density at radius 2 is 0.989 bits per heavy atom. The summed E-state index contributed by atoms with van der Waals surface area (Å²) in [6.45, 7) is 2.41. The second-order valence-corrected chi connectivity index (χ2v) is 21.9. The number of halogens is 1. The van der Waals surface area contributed by atoms with E-state index in [-0.39, 0.29) is 74.9 Å². The van der Waals surface area contributed by atoms with Gasteiger partial charge in [-0.25, -0.2) is 9.59 Å². The fourth-order valence-electron chi connectivity index (χ4n) is 10.4. The largest absolute Gasteiger partial charge is 0.493 e. The van der Waals surface area contributed by atoms with E-state index in [0.717, 1.165) is 22.3 Å². The number of hydrogen-bond donors (Lipinski definition) is 2. The molecular weight excluding hydrogens is 1120 g/mol. The Labute approximate surface area is 514 Å². The summed E-state index contributed by atoms with van der Waals surface area (Å²) in [6, 6.07) is 48.4. The topological polar surface area (TPSA) is 204 Å². The zero-order valence-electron chi connectivity index (χ0n) is 49.5. The molecule has 4 amide bonds. The first-order chi connectivity index (χ1) is 42.3. The number of benzene rings is 6. The number of hydrogen-bond acceptors (Lipinski definition) is 12. The molecule has 0 saturated carbocycles. The predicted molar refractivity (Wildman–Crippen MR) is 332 cm³/mol. The van der Waals surface area contributed by atoms with Crippen LogP contribution < -0.4 is 20.1 Å². The minimum atomic E-state index is -1.05. The van der Waals surface area contributed by atoms with Gasteiger partial charge in [-0.15, -0.1) is 0 Å². The van der Waals surface area contributed by atoms with Gasteiger partial charge in [-0.3, -0.25) is 28.8 Å². The van der Waals surface area contributed by atoms with Gasteiger partial charge >= 0.3 is 11.9 Å². The van der Waals surface area contributed by atoms with E-state index in [0.29, 0.717) is 92.5 Å². The second-order valence-electron chi connectivity index (χ2n) is 21.4. The second kappa shape index (κ2) is 34.9. The number of ketones is 2. The molecule has 456 valence electrons. The van der Waals surface area contributed by atoms with Crippen molar-refractivity contribution in [2.24, 2.45) is 11.8 Å². The maximum Gasteiger partial charge on any atom is 0.328 e. The van der Waals surface area contributed by atoms with E-state index >= 15 is 0 Å². The van der Waals surface area contributed by atoms with Gasteiger partial charge in [-0.1, -0.05) is 151 Å². The zero-order valence-corrected chi connectivity index (χ0v) is 50.2. The molecule has 87 heavy (non-hydrogen) atoms. The van der Waals surface area contributed by atoms with Gasteiger partial charge in [0.25, 0.3) is 0 Å². The number of Topliss-reactive ketones (excluding diaryl/α,β-unsaturated/α-hetero) is 2. The fraction of sp³-hybridized carbons (Fsp3) is 0.343. The Bertz CT molecular complexity index is 3260. The maximum atomic E-state index is 13.7. The summed E-state index contributed by atoms with van der Waals surface area (Å²) in [4.78, 5) is 110. The molecule has 0 aliphatic carbocycles. The van der Waals surface area contributed by atoms with E-state index in [1.807, 2.05) is 138 Å². The van der Waals surface area contributed by atoms with E-state index in [4.69, 9.17) is 30.5 Å². The molecular formula is C70H77ClN4O12. The molecule has 0 fully saturated rings. The molecule has 16 nitrogen and oxygen atoms in total. The quantitative estimate of drug-likeness (QED) is 0.0868. The van der Waals surface area contributed by atoms with Gasteiger partial charge in [0, 0.05) is 68.7 Å². The van der Waals surface area contributed by atoms with Gasteiger partial charge in [0.1, 0.15) is 30.2 Å². The van der Waals surface area contributed by atoms with Gasteiger partial charge < -0.3 is 39.4 Å². The highest BCUT2D eigenvalue weighted by Crippen LogP contribution is 2.28. The van der Waals surface area contributed by atoms with E-state index in [1.54, 1.807) is 47.4 Å². The van der Waals surface area contributed by atoms with Crippen LogP contribution in [0.4, 0.5) is 0 Å². The minimum Gasteiger partial charge on any atom is -0.493 e. The number of carbonyl (C=O) groups excluding carboxylic acids is 8. The molecule has 0 saturated heterocycles. The molecule has 2 heterocycles. The van der Waals surface area contributed by atoms with Crippen molar-refractivity contribution in [2.45, 2.75) is 89.1 Å². The lowest BCUT2D eigenvalue weighted by Gasteiger charge is -2.25. The third kappa shape index (κ3) is 21.2. The standard InChI is InChI=1S/C35H37ClN2O6.C35H40N2O6/c1-43-35(42)30-16-17-33(40)38(20-18-25-10-4-2-5-11-25)19-8-9-21-44-32-24-28(36)14-15-29(32)31(39)23-27(34(41)37-30)22-26-12-6-3-7-13-26;1-42-35(41)30-18-19-33(39)37(22-20-26-12-4-2-5-13-26)21-10-11-23-43-32-17-9-8-16-29(32)31(38)25-28(34(40)36-30)24-27-14-6-3-7-15-27/h2-15,24,27,30H,16-23H2,1H3,(H,37,41);2-9,12-17,28,30H,10-11,18-25H2,1H3,(H,36,40)/b9-8-;/t27-,30-;28-,30-/m00/s1. The minimum absolute atomic E-state index is 0.0192. The lowest BCUT2D eigenvalue weighted by Crippen LogP contribution is -2.46. The highest BCUT2D eigenvalue weighted by Gasteiger charge is 2.32. The number of para-hydroxylation sites is 1. The van der Waals surface area contributed by atoms with E-state index < -0.39 is 47.7 Å². The number of ether oxygens (including phenoxy) is 4. The maximum absolute atomic E-state index is 13.7. The van der Waals surface area contributed by atoms with Crippen molar-refractivity contribution in [3.63, 3.8) is 0 Å². The molecule has 17 heteroatoms. The average Bonchev–Trinajstić information content (AvgIpc) is 3.62. The third-order valence-corrected chi connectivity index (χ3v) is 15.5. The van der Waals surface area contributed by atoms with Crippen molar-refractivity contribution in [3.05, 3.63) is 214 Å². The Morgan fingerprint density at radius 3 is 1.51 bits per heavy atom. The lowest BCUT2D eigenvalue weighted by molar-refractivity contribution is -0.146. The molecule has 2 N–H and O–H groups in total. The summed E-state index contributed by atoms with van der Waals surface area (Å²) in [5.41, 5.74) is 4.71. The summed E-state index contributed by atoms with van der Waals surface area (Å²) in [5.74, 6) is -3.73. The van der Waals surface area contributed by atoms with Gasteiger partial charge in [0.15, 0.2) is 11.6 Å². The molecule has 6 aromatic carbocycles. The SMILES string of the molecule is COC(=O)[C@@H]1CCC(=O)N(CCc2ccccc2)C/C=C\COc2cc(Cl)ccc2C(=O)C[C@H](Cc2ccccc2)C(=O)N1.COC(=O)[C@@H]1CCC(=O)N(CCc2ccccc2)CCCCOc2ccccc2C(=O)C[C@H](Cc2ccccc2)C(=O)N1. The van der Waals surface area contributed by atoms with Crippen molar-refractivity contribution in [1.29, 1.82) is 0 Å². The number of esters is 2. The van der Waals surface area contributed by atoms with Crippen molar-refractivity contribution in [1.82, 2.24) is 20.4 Å². The number of amides is 4. The highest BCUT2D eigenvalue weighted by molar-refractivity contribution is 6.31. The van der Waals surface area contributed by atoms with Gasteiger partial charge in [-0.2, -0.15) is 0 Å². The van der Waals surface area contributed by atoms with Crippen LogP contribution in [-0.4, -0.2) is 123 Å². The molecule has 0 unspecified atom stereocenters. The van der Waals surface area contributed by atoms with Crippen molar-refractivity contribution in [2.75, 3.05) is 53.6 Å². The van der Waals surface area contributed by atoms with Crippen LogP contribution in [-0.2, 0) is 63.9 Å². The molecule has 2 aliphatic rings. The number of rotatable bonds is 12. The molecule has 2 aliphatic heterocycles. The Kier molecular flexibility index (Phi) is 26.3. The van der Waals surface area contributed by atoms with Gasteiger partial charge in [0.2, 0.25) is 23.6 Å². The molecule has 0 bridgehead atoms. The van der Waals surface area contributed by atoms with Crippen LogP contribution in [0.25, 0.3) is 0 Å². The average molecular weight is 1200 g/mol. The summed E-state index contributed by atoms with van der Waals surface area (Å²) in [5, 5.41) is 5.98. The molecule has 4 atom stereocenters. The summed E-state index contributed by atoms with van der Waals surface area (Å²) in [7, 11) is 2.50. The van der Waals surface area contributed by atoms with Crippen LogP contribution in [0.5, 0.6) is 11.5 Å². The number of nitrogens with one attached hydrogen (secondary N) is 2. The van der Waals surface area contributed by atoms with E-state index in [2.05, 4.69) is 10.6 Å². The molecule has 0 spiro atoms. The zero-order chi connectivity index (χ0) is 61.8. The molecule has 0 aromatic heterocycles. The summed E-state index contributed by atoms with van der Waals surface area (Å²) >= 11 is 6.23. The molecule has 8 rings (SSSR count). The molecule has 0 radical (unpaired) electrons. The number of carbonyl (C=O) groups is 8. The van der Waals surface area contributed by atoms with Crippen LogP contribution in [0.1, 0.15) is 94.3 Å². The Balaban J connectivity index is 0.000000249. The Morgan fingerprint density at radius 1 is 0.529 bits per heavy atom. The summed E-state index contributed by atoms with van der Waals surface area (Å²) < 4.78 is 21.9. The van der Waals surface area contributed by atoms with Crippen molar-refractivity contribution < 1.29 is 57.3 Å². The lowest BCUT2D eigenvalue weighted by atomic mass is 9.90. The van der Waals surface area contributed by atoms with Gasteiger partial charge in [0.05, 0.1) is 32.0 Å². The fourth-order valence-corrected chi connectivity index (χ4v) is 10.5. The monoisotopic (exact) mass is 1200 g/mol.